The third kappa shape index (κ3) is 3.12. The predicted molar refractivity (Wildman–Crippen MR) is 108 cm³/mol. The van der Waals surface area contributed by atoms with Crippen LogP contribution in [-0.4, -0.2) is 57.9 Å². The van der Waals surface area contributed by atoms with E-state index in [1.165, 1.54) is 5.56 Å². The van der Waals surface area contributed by atoms with Crippen LogP contribution in [0, 0.1) is 20.8 Å². The summed E-state index contributed by atoms with van der Waals surface area (Å²) in [5.41, 5.74) is 4.83. The standard InChI is InChI=1S/C20H26N6O/c1-12-8-13(2)17(14(3)9-12)26-11-16-18(23-26)21-20(22-19(16)27)25-7-6-15(10-25)24(4)5/h8-9,11,15H,6-7,10H2,1-5H3,(H,21,22,23,27). The van der Waals surface area contributed by atoms with Gasteiger partial charge in [0, 0.05) is 25.3 Å². The third-order valence-electron chi connectivity index (χ3n) is 5.43. The molecule has 0 bridgehead atoms. The van der Waals surface area contributed by atoms with Gasteiger partial charge in [-0.2, -0.15) is 4.98 Å². The van der Waals surface area contributed by atoms with Gasteiger partial charge in [-0.25, -0.2) is 4.68 Å². The first-order valence-electron chi connectivity index (χ1n) is 9.33. The molecule has 1 aliphatic rings. The van der Waals surface area contributed by atoms with Crippen molar-refractivity contribution in [3.63, 3.8) is 0 Å². The number of likely N-dealkylation sites (N-methyl/N-ethyl adjacent to an activating group) is 1. The number of aromatic amines is 1. The zero-order chi connectivity index (χ0) is 19.3. The molecule has 0 amide bonds. The molecule has 1 saturated heterocycles. The molecule has 0 aliphatic carbocycles. The van der Waals surface area contributed by atoms with Crippen molar-refractivity contribution < 1.29 is 0 Å². The fourth-order valence-corrected chi connectivity index (χ4v) is 4.06. The Balaban J connectivity index is 1.76. The zero-order valence-corrected chi connectivity index (χ0v) is 16.6. The molecule has 1 aromatic carbocycles. The van der Waals surface area contributed by atoms with Gasteiger partial charge in [-0.05, 0) is 52.4 Å². The van der Waals surface area contributed by atoms with Crippen LogP contribution in [0.1, 0.15) is 23.1 Å². The number of rotatable bonds is 3. The van der Waals surface area contributed by atoms with Crippen LogP contribution in [0.25, 0.3) is 16.7 Å². The van der Waals surface area contributed by atoms with Gasteiger partial charge in [0.15, 0.2) is 5.65 Å². The maximum Gasteiger partial charge on any atom is 0.263 e. The van der Waals surface area contributed by atoms with Crippen molar-refractivity contribution >= 4 is 17.0 Å². The van der Waals surface area contributed by atoms with Gasteiger partial charge in [0.05, 0.1) is 5.69 Å². The Hall–Kier alpha value is -2.67. The Labute approximate surface area is 158 Å². The predicted octanol–water partition coefficient (Wildman–Crippen LogP) is 2.17. The van der Waals surface area contributed by atoms with E-state index in [0.29, 0.717) is 23.0 Å². The Bertz CT molecular complexity index is 1040. The molecule has 0 saturated carbocycles. The summed E-state index contributed by atoms with van der Waals surface area (Å²) in [6, 6.07) is 4.73. The molecule has 1 atom stereocenters. The fraction of sp³-hybridized carbons (Fsp3) is 0.450. The van der Waals surface area contributed by atoms with Crippen molar-refractivity contribution in [1.29, 1.82) is 0 Å². The average Bonchev–Trinajstić information content (AvgIpc) is 3.20. The highest BCUT2D eigenvalue weighted by Crippen LogP contribution is 2.23. The van der Waals surface area contributed by atoms with Crippen LogP contribution < -0.4 is 10.5 Å². The molecular formula is C20H26N6O. The van der Waals surface area contributed by atoms with Crippen molar-refractivity contribution in [1.82, 2.24) is 24.6 Å². The molecule has 1 fully saturated rings. The van der Waals surface area contributed by atoms with E-state index in [9.17, 15) is 4.79 Å². The molecule has 0 radical (unpaired) electrons. The van der Waals surface area contributed by atoms with Crippen molar-refractivity contribution in [2.75, 3.05) is 32.1 Å². The largest absolute Gasteiger partial charge is 0.341 e. The van der Waals surface area contributed by atoms with Crippen molar-refractivity contribution in [2.24, 2.45) is 0 Å². The molecule has 2 aromatic heterocycles. The van der Waals surface area contributed by atoms with E-state index >= 15 is 0 Å². The molecule has 1 N–H and O–H groups in total. The first-order valence-corrected chi connectivity index (χ1v) is 9.33. The minimum absolute atomic E-state index is 0.142. The van der Waals surface area contributed by atoms with Crippen LogP contribution in [-0.2, 0) is 0 Å². The van der Waals surface area contributed by atoms with Gasteiger partial charge < -0.3 is 9.80 Å². The summed E-state index contributed by atoms with van der Waals surface area (Å²) >= 11 is 0. The van der Waals surface area contributed by atoms with Gasteiger partial charge in [0.25, 0.3) is 5.56 Å². The van der Waals surface area contributed by atoms with E-state index < -0.39 is 0 Å². The van der Waals surface area contributed by atoms with E-state index in [2.05, 4.69) is 71.9 Å². The minimum atomic E-state index is -0.142. The second-order valence-electron chi connectivity index (χ2n) is 7.80. The van der Waals surface area contributed by atoms with Crippen LogP contribution >= 0.6 is 0 Å². The summed E-state index contributed by atoms with van der Waals surface area (Å²) in [4.78, 5) is 24.6. The molecule has 0 spiro atoms. The Morgan fingerprint density at radius 1 is 1.19 bits per heavy atom. The van der Waals surface area contributed by atoms with Crippen LogP contribution in [0.4, 0.5) is 5.95 Å². The molecule has 1 unspecified atom stereocenters. The topological polar surface area (TPSA) is 70.1 Å². The minimum Gasteiger partial charge on any atom is -0.341 e. The maximum atomic E-state index is 12.7. The third-order valence-corrected chi connectivity index (χ3v) is 5.43. The summed E-state index contributed by atoms with van der Waals surface area (Å²) in [6.45, 7) is 7.96. The van der Waals surface area contributed by atoms with E-state index in [1.807, 2.05) is 0 Å². The van der Waals surface area contributed by atoms with Gasteiger partial charge in [-0.15, -0.1) is 5.10 Å². The Kier molecular flexibility index (Phi) is 4.26. The first-order chi connectivity index (χ1) is 12.8. The lowest BCUT2D eigenvalue weighted by Crippen LogP contribution is -2.32. The van der Waals surface area contributed by atoms with E-state index in [1.54, 1.807) is 10.9 Å². The number of nitrogens with zero attached hydrogens (tertiary/aromatic N) is 5. The molecule has 4 rings (SSSR count). The normalized spacial score (nSPS) is 17.4. The Morgan fingerprint density at radius 2 is 1.89 bits per heavy atom. The summed E-state index contributed by atoms with van der Waals surface area (Å²) in [7, 11) is 4.17. The summed E-state index contributed by atoms with van der Waals surface area (Å²) in [5, 5.41) is 5.15. The molecular weight excluding hydrogens is 340 g/mol. The van der Waals surface area contributed by atoms with Crippen LogP contribution in [0.15, 0.2) is 23.1 Å². The molecule has 3 aromatic rings. The second kappa shape index (κ2) is 6.49. The van der Waals surface area contributed by atoms with Crippen LogP contribution in [0.2, 0.25) is 0 Å². The average molecular weight is 366 g/mol. The van der Waals surface area contributed by atoms with E-state index in [0.717, 1.165) is 36.3 Å². The lowest BCUT2D eigenvalue weighted by Gasteiger charge is -2.20. The highest BCUT2D eigenvalue weighted by molar-refractivity contribution is 5.75. The van der Waals surface area contributed by atoms with Gasteiger partial charge >= 0.3 is 0 Å². The van der Waals surface area contributed by atoms with Gasteiger partial charge in [-0.3, -0.25) is 9.78 Å². The number of H-pyrrole nitrogens is 1. The lowest BCUT2D eigenvalue weighted by atomic mass is 10.1. The maximum absolute atomic E-state index is 12.7. The number of hydrogen-bond acceptors (Lipinski definition) is 5. The van der Waals surface area contributed by atoms with Gasteiger partial charge in [0.1, 0.15) is 5.39 Å². The number of nitrogens with one attached hydrogen (secondary N) is 1. The van der Waals surface area contributed by atoms with E-state index in [4.69, 9.17) is 0 Å². The molecule has 27 heavy (non-hydrogen) atoms. The zero-order valence-electron chi connectivity index (χ0n) is 16.6. The second-order valence-corrected chi connectivity index (χ2v) is 7.80. The van der Waals surface area contributed by atoms with Crippen LogP contribution in [0.3, 0.4) is 0 Å². The number of anilines is 1. The van der Waals surface area contributed by atoms with E-state index in [-0.39, 0.29) is 5.56 Å². The molecule has 142 valence electrons. The van der Waals surface area contributed by atoms with Gasteiger partial charge in [0.2, 0.25) is 5.95 Å². The first kappa shape index (κ1) is 17.7. The summed E-state index contributed by atoms with van der Waals surface area (Å²) in [6.07, 6.45) is 2.84. The van der Waals surface area contributed by atoms with Crippen molar-refractivity contribution in [3.05, 3.63) is 45.4 Å². The summed E-state index contributed by atoms with van der Waals surface area (Å²) in [5.74, 6) is 0.611. The smallest absolute Gasteiger partial charge is 0.263 e. The fourth-order valence-electron chi connectivity index (χ4n) is 4.06. The van der Waals surface area contributed by atoms with Gasteiger partial charge in [-0.1, -0.05) is 17.7 Å². The van der Waals surface area contributed by atoms with Crippen molar-refractivity contribution in [3.8, 4) is 5.69 Å². The molecule has 3 heterocycles. The lowest BCUT2D eigenvalue weighted by molar-refractivity contribution is 0.315. The quantitative estimate of drug-likeness (QED) is 0.769. The number of aromatic nitrogens is 4. The molecule has 7 heteroatoms. The molecule has 1 aliphatic heterocycles. The molecule has 7 nitrogen and oxygen atoms in total. The van der Waals surface area contributed by atoms with Crippen molar-refractivity contribution in [2.45, 2.75) is 33.2 Å². The number of fused-ring (bicyclic) bond motifs is 1. The Morgan fingerprint density at radius 3 is 2.52 bits per heavy atom. The highest BCUT2D eigenvalue weighted by atomic mass is 16.1. The monoisotopic (exact) mass is 366 g/mol. The SMILES string of the molecule is Cc1cc(C)c(-n2cc3c(=O)[nH]c(N4CCC(N(C)C)C4)nc3n2)c(C)c1. The number of hydrogen-bond donors (Lipinski definition) is 1. The van der Waals surface area contributed by atoms with Crippen LogP contribution in [0.5, 0.6) is 0 Å². The number of benzene rings is 1. The highest BCUT2D eigenvalue weighted by Gasteiger charge is 2.26. The number of aryl methyl sites for hydroxylation is 3. The summed E-state index contributed by atoms with van der Waals surface area (Å²) < 4.78 is 1.79.